The Morgan fingerprint density at radius 3 is 2.66 bits per heavy atom. The molecule has 3 aliphatic heterocycles. The minimum Gasteiger partial charge on any atom is -0.340 e. The van der Waals surface area contributed by atoms with Gasteiger partial charge in [0, 0.05) is 27.8 Å². The minimum absolute atomic E-state index is 0.000791. The Bertz CT molecular complexity index is 1270. The third kappa shape index (κ3) is 5.32. The number of carbonyl (C=O) groups excluding carboxylic acids is 3. The molecule has 9 nitrogen and oxygen atoms in total. The molecule has 1 saturated carbocycles. The average molecular weight is 577 g/mol. The molecule has 1 aromatic rings. The topological polar surface area (TPSA) is 126 Å². The lowest BCUT2D eigenvalue weighted by Crippen LogP contribution is -2.65. The number of nitrogens with one attached hydrogen (secondary N) is 2. The Morgan fingerprint density at radius 1 is 1.16 bits per heavy atom. The first-order chi connectivity index (χ1) is 18.2. The normalized spacial score (nSPS) is 27.1. The predicted octanol–water partition coefficient (Wildman–Crippen LogP) is 2.76. The maximum absolute atomic E-state index is 14.5. The number of carbonyl (C=O) groups is 3. The van der Waals surface area contributed by atoms with Crippen LogP contribution in [0.25, 0.3) is 0 Å². The smallest absolute Gasteiger partial charge is 0.284 e. The maximum Gasteiger partial charge on any atom is 0.284 e. The summed E-state index contributed by atoms with van der Waals surface area (Å²) in [5.74, 6) is -0.541. The number of pyridine rings is 1. The van der Waals surface area contributed by atoms with E-state index in [2.05, 4.69) is 21.7 Å². The van der Waals surface area contributed by atoms with Crippen LogP contribution < -0.4 is 10.6 Å². The molecule has 1 aliphatic carbocycles. The Morgan fingerprint density at radius 2 is 1.95 bits per heavy atom. The van der Waals surface area contributed by atoms with E-state index in [-0.39, 0.29) is 35.7 Å². The number of hydrogen-bond acceptors (Lipinski definition) is 9. The zero-order valence-corrected chi connectivity index (χ0v) is 23.7. The van der Waals surface area contributed by atoms with Gasteiger partial charge in [0.25, 0.3) is 15.9 Å². The van der Waals surface area contributed by atoms with Gasteiger partial charge < -0.3 is 10.6 Å². The lowest BCUT2D eigenvalue weighted by atomic mass is 9.80. The fourth-order valence-electron chi connectivity index (χ4n) is 5.45. The van der Waals surface area contributed by atoms with Crippen LogP contribution in [0.2, 0.25) is 0 Å². The van der Waals surface area contributed by atoms with E-state index < -0.39 is 32.8 Å². The molecule has 2 N–H and O–H groups in total. The second kappa shape index (κ2) is 11.1. The summed E-state index contributed by atoms with van der Waals surface area (Å²) in [4.78, 5) is 47.5. The Hall–Kier alpha value is -2.15. The summed E-state index contributed by atoms with van der Waals surface area (Å²) in [6.45, 7) is 1.89. The standard InChI is InChI=1S/C26H32N4O5S3/c1-17-8-9-18(19(31)16-28-17)30(38(34,35)23-7-3-6-13-27-23)25(33)26(11-4-2-5-12-26)29-24(32)22-15-21-20(37-22)10-14-36-21/h3,6-7,10,13,15,17-18,22,28H,2,4-5,8-9,11-12,14,16H2,1H3,(H,29,32)/t17-,18+,22?/m1/s1. The van der Waals surface area contributed by atoms with Gasteiger partial charge in [-0.25, -0.2) is 9.29 Å². The van der Waals surface area contributed by atoms with Crippen molar-refractivity contribution in [3.05, 3.63) is 46.4 Å². The molecule has 1 saturated heterocycles. The SMILES string of the molecule is C[C@@H]1CC[C@H](N(C(=O)C2(NC(=O)C3C=C4SCC=C4S3)CCCCC2)S(=O)(=O)c2ccccn2)C(=O)CN1. The third-order valence-electron chi connectivity index (χ3n) is 7.56. The van der Waals surface area contributed by atoms with E-state index >= 15 is 0 Å². The summed E-state index contributed by atoms with van der Waals surface area (Å²) in [5, 5.41) is 5.32. The van der Waals surface area contributed by atoms with Crippen LogP contribution in [-0.2, 0) is 24.4 Å². The van der Waals surface area contributed by atoms with Gasteiger partial charge in [-0.05, 0) is 50.8 Å². The highest BCUT2D eigenvalue weighted by atomic mass is 32.2. The molecule has 2 fully saturated rings. The molecule has 204 valence electrons. The largest absolute Gasteiger partial charge is 0.340 e. The fraction of sp³-hybridized carbons (Fsp3) is 0.538. The number of nitrogens with zero attached hydrogens (tertiary/aromatic N) is 2. The van der Waals surface area contributed by atoms with Crippen molar-refractivity contribution in [3.8, 4) is 0 Å². The Balaban J connectivity index is 1.52. The highest BCUT2D eigenvalue weighted by molar-refractivity contribution is 8.10. The summed E-state index contributed by atoms with van der Waals surface area (Å²) in [6.07, 6.45) is 8.91. The lowest BCUT2D eigenvalue weighted by molar-refractivity contribution is -0.143. The molecule has 0 bridgehead atoms. The summed E-state index contributed by atoms with van der Waals surface area (Å²) >= 11 is 3.13. The van der Waals surface area contributed by atoms with Crippen molar-refractivity contribution < 1.29 is 22.8 Å². The number of sulfonamides is 1. The van der Waals surface area contributed by atoms with Crippen LogP contribution in [0.1, 0.15) is 51.9 Å². The summed E-state index contributed by atoms with van der Waals surface area (Å²) in [5.41, 5.74) is -1.42. The number of thioether (sulfide) groups is 2. The zero-order valence-electron chi connectivity index (χ0n) is 21.2. The first-order valence-electron chi connectivity index (χ1n) is 13.0. The lowest BCUT2D eigenvalue weighted by Gasteiger charge is -2.42. The van der Waals surface area contributed by atoms with E-state index in [9.17, 15) is 22.8 Å². The predicted molar refractivity (Wildman–Crippen MR) is 148 cm³/mol. The van der Waals surface area contributed by atoms with Crippen LogP contribution >= 0.6 is 23.5 Å². The van der Waals surface area contributed by atoms with Gasteiger partial charge in [-0.3, -0.25) is 14.4 Å². The van der Waals surface area contributed by atoms with E-state index in [0.717, 1.165) is 26.3 Å². The molecule has 0 spiro atoms. The first kappa shape index (κ1) is 27.4. The van der Waals surface area contributed by atoms with Gasteiger partial charge in [0.2, 0.25) is 5.91 Å². The van der Waals surface area contributed by atoms with Crippen LogP contribution in [0, 0.1) is 0 Å². The van der Waals surface area contributed by atoms with Crippen LogP contribution in [0.3, 0.4) is 0 Å². The summed E-state index contributed by atoms with van der Waals surface area (Å²) < 4.78 is 28.8. The highest BCUT2D eigenvalue weighted by Crippen LogP contribution is 2.47. The molecule has 5 rings (SSSR count). The van der Waals surface area contributed by atoms with Crippen molar-refractivity contribution in [1.29, 1.82) is 0 Å². The first-order valence-corrected chi connectivity index (χ1v) is 16.3. The van der Waals surface area contributed by atoms with Crippen LogP contribution in [-0.4, -0.2) is 70.5 Å². The molecular formula is C26H32N4O5S3. The monoisotopic (exact) mass is 576 g/mol. The number of fused-ring (bicyclic) bond motifs is 1. The van der Waals surface area contributed by atoms with Crippen molar-refractivity contribution in [2.24, 2.45) is 0 Å². The van der Waals surface area contributed by atoms with Gasteiger partial charge >= 0.3 is 0 Å². The average Bonchev–Trinajstić information content (AvgIpc) is 3.49. The van der Waals surface area contributed by atoms with E-state index in [1.54, 1.807) is 17.8 Å². The van der Waals surface area contributed by atoms with Gasteiger partial charge in [-0.15, -0.1) is 23.5 Å². The van der Waals surface area contributed by atoms with Crippen LogP contribution in [0.15, 0.2) is 51.4 Å². The van der Waals surface area contributed by atoms with E-state index in [4.69, 9.17) is 0 Å². The van der Waals surface area contributed by atoms with Gasteiger partial charge in [-0.2, -0.15) is 8.42 Å². The number of aromatic nitrogens is 1. The summed E-state index contributed by atoms with van der Waals surface area (Å²) in [7, 11) is -4.48. The third-order valence-corrected chi connectivity index (χ3v) is 11.6. The van der Waals surface area contributed by atoms with Crippen molar-refractivity contribution in [2.45, 2.75) is 79.8 Å². The van der Waals surface area contributed by atoms with E-state index in [0.29, 0.717) is 32.1 Å². The molecule has 38 heavy (non-hydrogen) atoms. The van der Waals surface area contributed by atoms with E-state index in [1.807, 2.05) is 13.0 Å². The Labute approximate surface area is 231 Å². The molecule has 3 atom stereocenters. The van der Waals surface area contributed by atoms with Gasteiger partial charge in [0.15, 0.2) is 10.8 Å². The van der Waals surface area contributed by atoms with E-state index in [1.165, 1.54) is 30.1 Å². The van der Waals surface area contributed by atoms with Gasteiger partial charge in [0.1, 0.15) is 16.8 Å². The van der Waals surface area contributed by atoms with Crippen LogP contribution in [0.4, 0.5) is 0 Å². The molecule has 0 aromatic carbocycles. The number of Topliss-reactive ketones (excluding diaryl/α,β-unsaturated/α-hetero) is 1. The van der Waals surface area contributed by atoms with Crippen LogP contribution in [0.5, 0.6) is 0 Å². The number of rotatable bonds is 6. The maximum atomic E-state index is 14.5. The number of ketones is 1. The quantitative estimate of drug-likeness (QED) is 0.526. The summed E-state index contributed by atoms with van der Waals surface area (Å²) in [6, 6.07) is 3.28. The number of amides is 2. The van der Waals surface area contributed by atoms with Crippen molar-refractivity contribution in [2.75, 3.05) is 12.3 Å². The zero-order chi connectivity index (χ0) is 26.9. The second-order valence-corrected chi connectivity index (χ2v) is 14.2. The molecular weight excluding hydrogens is 545 g/mol. The molecule has 4 aliphatic rings. The van der Waals surface area contributed by atoms with Gasteiger partial charge in [-0.1, -0.05) is 31.4 Å². The van der Waals surface area contributed by atoms with Crippen molar-refractivity contribution in [3.63, 3.8) is 0 Å². The van der Waals surface area contributed by atoms with Crippen molar-refractivity contribution in [1.82, 2.24) is 19.9 Å². The molecule has 1 unspecified atom stereocenters. The molecule has 12 heteroatoms. The second-order valence-electron chi connectivity index (χ2n) is 10.2. The van der Waals surface area contributed by atoms with Gasteiger partial charge in [0.05, 0.1) is 6.54 Å². The molecule has 1 aromatic heterocycles. The number of hydrogen-bond donors (Lipinski definition) is 2. The molecule has 0 radical (unpaired) electrons. The highest BCUT2D eigenvalue weighted by Gasteiger charge is 2.51. The molecule has 2 amide bonds. The fourth-order valence-corrected chi connectivity index (χ4v) is 9.45. The van der Waals surface area contributed by atoms with Crippen molar-refractivity contribution >= 4 is 51.1 Å². The Kier molecular flexibility index (Phi) is 8.04. The minimum atomic E-state index is -4.48. The molecule has 4 heterocycles.